The van der Waals surface area contributed by atoms with Crippen LogP contribution in [0.1, 0.15) is 25.0 Å². The topological polar surface area (TPSA) is 89.8 Å². The second-order valence-electron chi connectivity index (χ2n) is 8.50. The van der Waals surface area contributed by atoms with Gasteiger partial charge in [0, 0.05) is 43.1 Å². The van der Waals surface area contributed by atoms with E-state index in [0.717, 1.165) is 60.4 Å². The summed E-state index contributed by atoms with van der Waals surface area (Å²) in [5, 5.41) is 10.7. The standard InChI is InChI=1S/C23H27N5O3/c1-15-9-19(20(12-25-15)31-14-23(30-2)6-7-24-13-23)17-5-8-28-18(10-17)11-21(27-28)26-22(29)16-3-4-16/h5,8-12,16,24H,3-4,6-7,13-14H2,1-2H3,(H,26,27,29). The van der Waals surface area contributed by atoms with Crippen LogP contribution in [0.5, 0.6) is 5.75 Å². The maximum absolute atomic E-state index is 12.1. The van der Waals surface area contributed by atoms with Crippen molar-refractivity contribution in [2.45, 2.75) is 31.8 Å². The van der Waals surface area contributed by atoms with Gasteiger partial charge in [0.15, 0.2) is 5.82 Å². The Kier molecular flexibility index (Phi) is 5.11. The molecule has 162 valence electrons. The lowest BCUT2D eigenvalue weighted by molar-refractivity contribution is -0.117. The fraction of sp³-hybridized carbons (Fsp3) is 0.435. The van der Waals surface area contributed by atoms with Crippen LogP contribution in [0.2, 0.25) is 0 Å². The van der Waals surface area contributed by atoms with Crippen molar-refractivity contribution in [3.63, 3.8) is 0 Å². The molecule has 1 saturated carbocycles. The van der Waals surface area contributed by atoms with E-state index < -0.39 is 0 Å². The van der Waals surface area contributed by atoms with E-state index in [2.05, 4.69) is 20.7 Å². The van der Waals surface area contributed by atoms with E-state index in [1.807, 2.05) is 37.4 Å². The molecule has 0 bridgehead atoms. The van der Waals surface area contributed by atoms with Gasteiger partial charge in [-0.2, -0.15) is 5.10 Å². The normalized spacial score (nSPS) is 20.8. The summed E-state index contributed by atoms with van der Waals surface area (Å²) in [6.45, 7) is 4.12. The molecule has 2 N–H and O–H groups in total. The number of anilines is 1. The SMILES string of the molecule is COC1(COc2cnc(C)cc2-c2ccn3nc(NC(=O)C4CC4)cc3c2)CCNC1. The highest BCUT2D eigenvalue weighted by Crippen LogP contribution is 2.33. The minimum atomic E-state index is -0.313. The summed E-state index contributed by atoms with van der Waals surface area (Å²) in [7, 11) is 1.73. The molecule has 1 aliphatic heterocycles. The maximum atomic E-state index is 12.1. The molecule has 0 spiro atoms. The Balaban J connectivity index is 1.41. The Morgan fingerprint density at radius 1 is 1.35 bits per heavy atom. The van der Waals surface area contributed by atoms with Crippen LogP contribution in [0.3, 0.4) is 0 Å². The second kappa shape index (κ2) is 7.94. The Morgan fingerprint density at radius 3 is 2.97 bits per heavy atom. The summed E-state index contributed by atoms with van der Waals surface area (Å²) in [6.07, 6.45) is 6.52. The Morgan fingerprint density at radius 2 is 2.23 bits per heavy atom. The summed E-state index contributed by atoms with van der Waals surface area (Å²) in [5.41, 5.74) is 3.47. The third-order valence-corrected chi connectivity index (χ3v) is 6.11. The Labute approximate surface area is 181 Å². The van der Waals surface area contributed by atoms with Crippen molar-refractivity contribution in [1.29, 1.82) is 0 Å². The lowest BCUT2D eigenvalue weighted by atomic mass is 10.0. The number of ether oxygens (including phenoxy) is 2. The van der Waals surface area contributed by atoms with Gasteiger partial charge in [0.2, 0.25) is 5.91 Å². The van der Waals surface area contributed by atoms with Crippen LogP contribution in [-0.4, -0.2) is 52.9 Å². The number of methoxy groups -OCH3 is 1. The Hall–Kier alpha value is -2.97. The predicted octanol–water partition coefficient (Wildman–Crippen LogP) is 2.81. The first-order valence-corrected chi connectivity index (χ1v) is 10.7. The number of nitrogens with one attached hydrogen (secondary N) is 2. The van der Waals surface area contributed by atoms with Crippen molar-refractivity contribution in [2.24, 2.45) is 5.92 Å². The zero-order valence-electron chi connectivity index (χ0n) is 17.9. The molecule has 0 radical (unpaired) electrons. The fourth-order valence-electron chi connectivity index (χ4n) is 3.97. The van der Waals surface area contributed by atoms with E-state index in [1.165, 1.54) is 0 Å². The summed E-state index contributed by atoms with van der Waals surface area (Å²) in [4.78, 5) is 16.5. The van der Waals surface area contributed by atoms with Crippen LogP contribution in [0.25, 0.3) is 16.6 Å². The molecule has 1 amide bonds. The van der Waals surface area contributed by atoms with E-state index in [9.17, 15) is 4.79 Å². The summed E-state index contributed by atoms with van der Waals surface area (Å²) >= 11 is 0. The van der Waals surface area contributed by atoms with Crippen molar-refractivity contribution in [1.82, 2.24) is 19.9 Å². The molecule has 0 aromatic carbocycles. The molecule has 1 saturated heterocycles. The maximum Gasteiger partial charge on any atom is 0.228 e. The third-order valence-electron chi connectivity index (χ3n) is 6.11. The molecule has 3 aromatic rings. The van der Waals surface area contributed by atoms with Crippen LogP contribution in [0.15, 0.2) is 36.7 Å². The second-order valence-corrected chi connectivity index (χ2v) is 8.50. The summed E-state index contributed by atoms with van der Waals surface area (Å²) in [6, 6.07) is 7.96. The molecular formula is C23H27N5O3. The van der Waals surface area contributed by atoms with Gasteiger partial charge in [-0.25, -0.2) is 4.52 Å². The number of aryl methyl sites for hydroxylation is 1. The number of nitrogens with zero attached hydrogens (tertiary/aromatic N) is 3. The lowest BCUT2D eigenvalue weighted by Gasteiger charge is -2.27. The average Bonchev–Trinajstić information content (AvgIpc) is 3.39. The van der Waals surface area contributed by atoms with E-state index in [4.69, 9.17) is 9.47 Å². The van der Waals surface area contributed by atoms with Crippen LogP contribution in [-0.2, 0) is 9.53 Å². The highest BCUT2D eigenvalue weighted by atomic mass is 16.5. The average molecular weight is 422 g/mol. The Bertz CT molecular complexity index is 1120. The van der Waals surface area contributed by atoms with Gasteiger partial charge in [-0.1, -0.05) is 0 Å². The van der Waals surface area contributed by atoms with Gasteiger partial charge in [-0.3, -0.25) is 9.78 Å². The van der Waals surface area contributed by atoms with Crippen molar-refractivity contribution in [3.8, 4) is 16.9 Å². The van der Waals surface area contributed by atoms with E-state index in [0.29, 0.717) is 12.4 Å². The minimum Gasteiger partial charge on any atom is -0.488 e. The monoisotopic (exact) mass is 421 g/mol. The number of amides is 1. The number of aromatic nitrogens is 3. The highest BCUT2D eigenvalue weighted by Gasteiger charge is 2.35. The third kappa shape index (κ3) is 4.13. The van der Waals surface area contributed by atoms with Crippen molar-refractivity contribution in [3.05, 3.63) is 42.4 Å². The van der Waals surface area contributed by atoms with Gasteiger partial charge in [-0.15, -0.1) is 0 Å². The number of fused-ring (bicyclic) bond motifs is 1. The number of pyridine rings is 2. The molecule has 31 heavy (non-hydrogen) atoms. The highest BCUT2D eigenvalue weighted by molar-refractivity contribution is 5.93. The number of carbonyl (C=O) groups excluding carboxylic acids is 1. The molecule has 4 heterocycles. The lowest BCUT2D eigenvalue weighted by Crippen LogP contribution is -2.40. The number of hydrogen-bond donors (Lipinski definition) is 2. The zero-order valence-corrected chi connectivity index (χ0v) is 17.9. The van der Waals surface area contributed by atoms with Crippen molar-refractivity contribution < 1.29 is 14.3 Å². The van der Waals surface area contributed by atoms with Crippen LogP contribution < -0.4 is 15.4 Å². The van der Waals surface area contributed by atoms with Gasteiger partial charge in [0.25, 0.3) is 0 Å². The van der Waals surface area contributed by atoms with E-state index in [1.54, 1.807) is 17.8 Å². The molecule has 1 unspecified atom stereocenters. The number of hydrogen-bond acceptors (Lipinski definition) is 6. The molecule has 2 fully saturated rings. The largest absolute Gasteiger partial charge is 0.488 e. The molecule has 1 aliphatic carbocycles. The molecule has 1 atom stereocenters. The number of rotatable bonds is 7. The first kappa shape index (κ1) is 20.0. The van der Waals surface area contributed by atoms with E-state index >= 15 is 0 Å². The van der Waals surface area contributed by atoms with Gasteiger partial charge in [0.1, 0.15) is 18.0 Å². The van der Waals surface area contributed by atoms with E-state index in [-0.39, 0.29) is 17.4 Å². The van der Waals surface area contributed by atoms with Gasteiger partial charge >= 0.3 is 0 Å². The molecule has 2 aliphatic rings. The van der Waals surface area contributed by atoms with Gasteiger partial charge in [-0.05, 0) is 56.5 Å². The van der Waals surface area contributed by atoms with Crippen LogP contribution in [0, 0.1) is 12.8 Å². The fourth-order valence-corrected chi connectivity index (χ4v) is 3.97. The van der Waals surface area contributed by atoms with Gasteiger partial charge < -0.3 is 20.1 Å². The zero-order chi connectivity index (χ0) is 21.4. The summed E-state index contributed by atoms with van der Waals surface area (Å²) in [5.74, 6) is 1.50. The van der Waals surface area contributed by atoms with Crippen LogP contribution >= 0.6 is 0 Å². The molecule has 8 heteroatoms. The predicted molar refractivity (Wildman–Crippen MR) is 117 cm³/mol. The van der Waals surface area contributed by atoms with Crippen LogP contribution in [0.4, 0.5) is 5.82 Å². The smallest absolute Gasteiger partial charge is 0.228 e. The van der Waals surface area contributed by atoms with Crippen molar-refractivity contribution >= 4 is 17.2 Å². The minimum absolute atomic E-state index is 0.0533. The van der Waals surface area contributed by atoms with Crippen molar-refractivity contribution in [2.75, 3.05) is 32.1 Å². The quantitative estimate of drug-likeness (QED) is 0.610. The number of carbonyl (C=O) groups is 1. The first-order chi connectivity index (χ1) is 15.0. The van der Waals surface area contributed by atoms with Gasteiger partial charge in [0.05, 0.1) is 11.7 Å². The molecular weight excluding hydrogens is 394 g/mol. The summed E-state index contributed by atoms with van der Waals surface area (Å²) < 4.78 is 13.7. The first-order valence-electron chi connectivity index (χ1n) is 10.7. The molecule has 8 nitrogen and oxygen atoms in total. The molecule has 3 aromatic heterocycles. The molecule has 5 rings (SSSR count).